The van der Waals surface area contributed by atoms with Crippen LogP contribution in [0.4, 0.5) is 0 Å². The van der Waals surface area contributed by atoms with Gasteiger partial charge in [0.15, 0.2) is 0 Å². The molecule has 21 heavy (non-hydrogen) atoms. The molecule has 0 atom stereocenters. The number of hydrogen-bond donors (Lipinski definition) is 0. The molecule has 0 aromatic heterocycles. The van der Waals surface area contributed by atoms with Gasteiger partial charge in [-0.1, -0.05) is 13.0 Å². The molecular weight excluding hydrogens is 288 g/mol. The summed E-state index contributed by atoms with van der Waals surface area (Å²) >= 11 is 0. The molecule has 1 amide bonds. The number of carbonyl (C=O) groups excluding carboxylic acids is 1. The van der Waals surface area contributed by atoms with Gasteiger partial charge in [-0.05, 0) is 36.1 Å². The monoisotopic (exact) mass is 310 g/mol. The molecule has 116 valence electrons. The van der Waals surface area contributed by atoms with Gasteiger partial charge in [0.25, 0.3) is 0 Å². The lowest BCUT2D eigenvalue weighted by molar-refractivity contribution is -0.132. The average Bonchev–Trinajstić information content (AvgIpc) is 2.46. The van der Waals surface area contributed by atoms with Gasteiger partial charge >= 0.3 is 0 Å². The quantitative estimate of drug-likeness (QED) is 0.849. The second-order valence-corrected chi connectivity index (χ2v) is 7.69. The van der Waals surface area contributed by atoms with Gasteiger partial charge in [0.2, 0.25) is 15.9 Å². The highest BCUT2D eigenvalue weighted by Crippen LogP contribution is 2.24. The van der Waals surface area contributed by atoms with Crippen LogP contribution in [0.2, 0.25) is 0 Å². The third kappa shape index (κ3) is 3.27. The Labute approximate surface area is 126 Å². The molecule has 0 fully saturated rings. The zero-order valence-corrected chi connectivity index (χ0v) is 13.6. The Morgan fingerprint density at radius 3 is 2.62 bits per heavy atom. The van der Waals surface area contributed by atoms with Crippen LogP contribution in [-0.2, 0) is 27.8 Å². The van der Waals surface area contributed by atoms with Crippen molar-refractivity contribution in [2.24, 2.45) is 0 Å². The summed E-state index contributed by atoms with van der Waals surface area (Å²) in [4.78, 5) is 14.1. The van der Waals surface area contributed by atoms with Crippen LogP contribution in [0.3, 0.4) is 0 Å². The fourth-order valence-electron chi connectivity index (χ4n) is 2.49. The van der Waals surface area contributed by atoms with Crippen LogP contribution in [0, 0.1) is 0 Å². The van der Waals surface area contributed by atoms with Crippen LogP contribution in [0.1, 0.15) is 30.9 Å². The van der Waals surface area contributed by atoms with E-state index in [1.165, 1.54) is 18.4 Å². The van der Waals surface area contributed by atoms with E-state index in [9.17, 15) is 13.2 Å². The van der Waals surface area contributed by atoms with Crippen molar-refractivity contribution in [2.45, 2.75) is 37.6 Å². The highest BCUT2D eigenvalue weighted by atomic mass is 32.2. The van der Waals surface area contributed by atoms with Gasteiger partial charge in [-0.25, -0.2) is 12.7 Å². The number of rotatable bonds is 4. The van der Waals surface area contributed by atoms with Crippen LogP contribution in [0.5, 0.6) is 0 Å². The second kappa shape index (κ2) is 6.15. The first-order chi connectivity index (χ1) is 9.86. The molecule has 0 saturated heterocycles. The Kier molecular flexibility index (Phi) is 4.68. The van der Waals surface area contributed by atoms with Gasteiger partial charge in [0.05, 0.1) is 4.90 Å². The van der Waals surface area contributed by atoms with Crippen molar-refractivity contribution in [2.75, 3.05) is 20.6 Å². The predicted octanol–water partition coefficient (Wildman–Crippen LogP) is 1.62. The van der Waals surface area contributed by atoms with E-state index in [2.05, 4.69) is 0 Å². The summed E-state index contributed by atoms with van der Waals surface area (Å²) in [5.41, 5.74) is 2.07. The molecule has 2 rings (SSSR count). The van der Waals surface area contributed by atoms with E-state index in [1.54, 1.807) is 12.1 Å². The standard InChI is InChI=1S/C15H22N2O3S/c1-4-5-15(18)17-9-8-12-6-7-14(10-13(12)11-17)21(19,20)16(2)3/h6-7,10H,4-5,8-9,11H2,1-3H3. The molecule has 6 heteroatoms. The summed E-state index contributed by atoms with van der Waals surface area (Å²) in [6, 6.07) is 5.22. The number of amides is 1. The van der Waals surface area contributed by atoms with E-state index in [1.807, 2.05) is 17.9 Å². The maximum Gasteiger partial charge on any atom is 0.242 e. The largest absolute Gasteiger partial charge is 0.338 e. The fraction of sp³-hybridized carbons (Fsp3) is 0.533. The molecule has 1 aliphatic heterocycles. The van der Waals surface area contributed by atoms with Crippen LogP contribution in [0.25, 0.3) is 0 Å². The summed E-state index contributed by atoms with van der Waals surface area (Å²) in [5, 5.41) is 0. The average molecular weight is 310 g/mol. The SMILES string of the molecule is CCCC(=O)N1CCc2ccc(S(=O)(=O)N(C)C)cc2C1. The van der Waals surface area contributed by atoms with Crippen molar-refractivity contribution in [3.05, 3.63) is 29.3 Å². The summed E-state index contributed by atoms with van der Waals surface area (Å²) in [5.74, 6) is 0.143. The van der Waals surface area contributed by atoms with Gasteiger partial charge in [-0.2, -0.15) is 0 Å². The lowest BCUT2D eigenvalue weighted by atomic mass is 9.99. The number of nitrogens with zero attached hydrogens (tertiary/aromatic N) is 2. The van der Waals surface area contributed by atoms with Crippen molar-refractivity contribution in [1.82, 2.24) is 9.21 Å². The normalized spacial score (nSPS) is 15.1. The molecule has 1 aromatic carbocycles. The summed E-state index contributed by atoms with van der Waals surface area (Å²) < 4.78 is 25.6. The topological polar surface area (TPSA) is 57.7 Å². The Morgan fingerprint density at radius 1 is 1.29 bits per heavy atom. The van der Waals surface area contributed by atoms with Gasteiger partial charge < -0.3 is 4.90 Å². The molecule has 0 unspecified atom stereocenters. The van der Waals surface area contributed by atoms with Crippen molar-refractivity contribution in [1.29, 1.82) is 0 Å². The van der Waals surface area contributed by atoms with Crippen LogP contribution >= 0.6 is 0 Å². The molecule has 0 saturated carbocycles. The third-order valence-corrected chi connectivity index (χ3v) is 5.60. The van der Waals surface area contributed by atoms with Gasteiger partial charge in [-0.3, -0.25) is 4.79 Å². The van der Waals surface area contributed by atoms with E-state index < -0.39 is 10.0 Å². The Bertz CT molecular complexity index is 638. The van der Waals surface area contributed by atoms with E-state index in [-0.39, 0.29) is 10.8 Å². The van der Waals surface area contributed by atoms with Crippen LogP contribution in [0.15, 0.2) is 23.1 Å². The molecule has 0 radical (unpaired) electrons. The molecule has 1 heterocycles. The smallest absolute Gasteiger partial charge is 0.242 e. The minimum Gasteiger partial charge on any atom is -0.338 e. The molecule has 0 N–H and O–H groups in total. The number of carbonyl (C=O) groups is 1. The van der Waals surface area contributed by atoms with Crippen molar-refractivity contribution >= 4 is 15.9 Å². The predicted molar refractivity (Wildman–Crippen MR) is 81.3 cm³/mol. The first-order valence-electron chi connectivity index (χ1n) is 7.18. The number of hydrogen-bond acceptors (Lipinski definition) is 3. The number of benzene rings is 1. The maximum atomic E-state index is 12.2. The molecule has 5 nitrogen and oxygen atoms in total. The minimum absolute atomic E-state index is 0.143. The molecule has 1 aliphatic rings. The molecule has 0 spiro atoms. The Morgan fingerprint density at radius 2 is 2.00 bits per heavy atom. The minimum atomic E-state index is -3.43. The zero-order chi connectivity index (χ0) is 15.6. The number of sulfonamides is 1. The van der Waals surface area contributed by atoms with E-state index in [0.29, 0.717) is 19.5 Å². The summed E-state index contributed by atoms with van der Waals surface area (Å²) in [6.45, 7) is 3.20. The summed E-state index contributed by atoms with van der Waals surface area (Å²) in [7, 11) is -0.389. The van der Waals surface area contributed by atoms with E-state index in [0.717, 1.165) is 24.0 Å². The highest BCUT2D eigenvalue weighted by Gasteiger charge is 2.23. The molecule has 1 aromatic rings. The molecular formula is C15H22N2O3S. The van der Waals surface area contributed by atoms with Crippen molar-refractivity contribution < 1.29 is 13.2 Å². The van der Waals surface area contributed by atoms with Gasteiger partial charge in [0, 0.05) is 33.6 Å². The third-order valence-electron chi connectivity index (χ3n) is 3.79. The number of fused-ring (bicyclic) bond motifs is 1. The fourth-order valence-corrected chi connectivity index (χ4v) is 3.44. The lowest BCUT2D eigenvalue weighted by Gasteiger charge is -2.29. The zero-order valence-electron chi connectivity index (χ0n) is 12.8. The Balaban J connectivity index is 2.29. The highest BCUT2D eigenvalue weighted by molar-refractivity contribution is 7.89. The van der Waals surface area contributed by atoms with E-state index >= 15 is 0 Å². The van der Waals surface area contributed by atoms with Crippen molar-refractivity contribution in [3.8, 4) is 0 Å². The molecule has 0 aliphatic carbocycles. The Hall–Kier alpha value is -1.40. The first-order valence-corrected chi connectivity index (χ1v) is 8.62. The van der Waals surface area contributed by atoms with Crippen LogP contribution in [-0.4, -0.2) is 44.2 Å². The first kappa shape index (κ1) is 16.0. The van der Waals surface area contributed by atoms with Gasteiger partial charge in [-0.15, -0.1) is 0 Å². The maximum absolute atomic E-state index is 12.2. The van der Waals surface area contributed by atoms with Gasteiger partial charge in [0.1, 0.15) is 0 Å². The second-order valence-electron chi connectivity index (χ2n) is 5.53. The van der Waals surface area contributed by atoms with Crippen molar-refractivity contribution in [3.63, 3.8) is 0 Å². The molecule has 0 bridgehead atoms. The van der Waals surface area contributed by atoms with Crippen LogP contribution < -0.4 is 0 Å². The summed E-state index contributed by atoms with van der Waals surface area (Å²) in [6.07, 6.45) is 2.16. The lowest BCUT2D eigenvalue weighted by Crippen LogP contribution is -2.36. The van der Waals surface area contributed by atoms with E-state index in [4.69, 9.17) is 0 Å².